The van der Waals surface area contributed by atoms with Gasteiger partial charge in [0.25, 0.3) is 0 Å². The van der Waals surface area contributed by atoms with Crippen LogP contribution in [0, 0.1) is 5.21 Å². The number of nitrogens with one attached hydrogen (secondary N) is 1. The summed E-state index contributed by atoms with van der Waals surface area (Å²) in [6, 6.07) is 9.79. The highest BCUT2D eigenvalue weighted by Crippen LogP contribution is 2.17. The van der Waals surface area contributed by atoms with Crippen molar-refractivity contribution in [2.45, 2.75) is 18.8 Å². The first kappa shape index (κ1) is 10.7. The molecule has 0 heterocycles. The highest BCUT2D eigenvalue weighted by Gasteiger charge is 2.09. The molecule has 1 aromatic carbocycles. The molecule has 2 N–H and O–H groups in total. The number of aliphatic hydroxyl groups excluding tert-OH is 1. The molecular weight excluding hydrogens is 178 g/mol. The van der Waals surface area contributed by atoms with Crippen LogP contribution in [0.15, 0.2) is 30.3 Å². The van der Waals surface area contributed by atoms with E-state index < -0.39 is 0 Å². The van der Waals surface area contributed by atoms with E-state index >= 15 is 0 Å². The standard InChI is InChI=1S/C11H15NO2/c13-8-4-7-11(9-12-14)10-5-2-1-3-6-10/h1-3,5-6,9,11-13H,4,7-8H2. The molecule has 1 rings (SSSR count). The Morgan fingerprint density at radius 2 is 2.07 bits per heavy atom. The fraction of sp³-hybridized carbons (Fsp3) is 0.364. The van der Waals surface area contributed by atoms with Crippen molar-refractivity contribution in [1.29, 1.82) is 0 Å². The molecule has 14 heavy (non-hydrogen) atoms. The van der Waals surface area contributed by atoms with Crippen molar-refractivity contribution in [3.63, 3.8) is 0 Å². The van der Waals surface area contributed by atoms with Crippen LogP contribution in [0.1, 0.15) is 24.3 Å². The Balaban J connectivity index is 2.67. The Bertz CT molecular complexity index is 272. The number of benzene rings is 1. The van der Waals surface area contributed by atoms with Crippen molar-refractivity contribution >= 4 is 6.21 Å². The van der Waals surface area contributed by atoms with Gasteiger partial charge in [0.1, 0.15) is 0 Å². The van der Waals surface area contributed by atoms with Gasteiger partial charge in [0.15, 0.2) is 6.21 Å². The van der Waals surface area contributed by atoms with Crippen LogP contribution in [-0.2, 0) is 0 Å². The van der Waals surface area contributed by atoms with Gasteiger partial charge in [-0.1, -0.05) is 30.3 Å². The molecule has 1 aromatic rings. The number of hydrogen-bond acceptors (Lipinski definition) is 2. The van der Waals surface area contributed by atoms with E-state index in [4.69, 9.17) is 5.11 Å². The first-order chi connectivity index (χ1) is 6.88. The van der Waals surface area contributed by atoms with Gasteiger partial charge in [0.2, 0.25) is 0 Å². The van der Waals surface area contributed by atoms with Crippen LogP contribution < -0.4 is 5.16 Å². The summed E-state index contributed by atoms with van der Waals surface area (Å²) >= 11 is 0. The molecule has 3 nitrogen and oxygen atoms in total. The fourth-order valence-corrected chi connectivity index (χ4v) is 1.44. The number of aliphatic hydroxyl groups is 1. The maximum Gasteiger partial charge on any atom is 0.156 e. The Kier molecular flexibility index (Phi) is 4.72. The Hall–Kier alpha value is -1.35. The second-order valence-corrected chi connectivity index (χ2v) is 3.17. The Morgan fingerprint density at radius 1 is 1.36 bits per heavy atom. The molecule has 0 bridgehead atoms. The Labute approximate surface area is 83.7 Å². The van der Waals surface area contributed by atoms with E-state index in [1.807, 2.05) is 35.5 Å². The van der Waals surface area contributed by atoms with Crippen molar-refractivity contribution in [1.82, 2.24) is 0 Å². The summed E-state index contributed by atoms with van der Waals surface area (Å²) < 4.78 is 0. The average Bonchev–Trinajstić information content (AvgIpc) is 2.25. The van der Waals surface area contributed by atoms with Gasteiger partial charge in [0, 0.05) is 6.61 Å². The third-order valence-corrected chi connectivity index (χ3v) is 2.17. The maximum atomic E-state index is 10.3. The van der Waals surface area contributed by atoms with E-state index in [1.165, 1.54) is 6.21 Å². The predicted molar refractivity (Wildman–Crippen MR) is 55.9 cm³/mol. The molecule has 3 heteroatoms. The third-order valence-electron chi connectivity index (χ3n) is 2.17. The quantitative estimate of drug-likeness (QED) is 0.398. The molecule has 0 aliphatic heterocycles. The zero-order chi connectivity index (χ0) is 10.2. The third kappa shape index (κ3) is 3.18. The van der Waals surface area contributed by atoms with E-state index in [-0.39, 0.29) is 12.5 Å². The van der Waals surface area contributed by atoms with E-state index in [9.17, 15) is 5.21 Å². The first-order valence-electron chi connectivity index (χ1n) is 4.75. The summed E-state index contributed by atoms with van der Waals surface area (Å²) in [5.41, 5.74) is 1.10. The van der Waals surface area contributed by atoms with Crippen molar-refractivity contribution < 1.29 is 10.3 Å². The molecule has 0 saturated heterocycles. The minimum absolute atomic E-state index is 0.0841. The monoisotopic (exact) mass is 193 g/mol. The topological polar surface area (TPSA) is 57.3 Å². The molecule has 0 aliphatic rings. The van der Waals surface area contributed by atoms with Gasteiger partial charge < -0.3 is 10.3 Å². The zero-order valence-corrected chi connectivity index (χ0v) is 8.02. The Morgan fingerprint density at radius 3 is 2.64 bits per heavy atom. The molecule has 0 fully saturated rings. The van der Waals surface area contributed by atoms with Crippen LogP contribution >= 0.6 is 0 Å². The summed E-state index contributed by atoms with van der Waals surface area (Å²) in [6.45, 7) is 0.163. The lowest BCUT2D eigenvalue weighted by atomic mass is 9.96. The van der Waals surface area contributed by atoms with Crippen LogP contribution in [0.2, 0.25) is 0 Å². The zero-order valence-electron chi connectivity index (χ0n) is 8.02. The average molecular weight is 193 g/mol. The van der Waals surface area contributed by atoms with Crippen LogP contribution in [0.4, 0.5) is 0 Å². The largest absolute Gasteiger partial charge is 0.626 e. The van der Waals surface area contributed by atoms with Crippen molar-refractivity contribution in [3.8, 4) is 0 Å². The second-order valence-electron chi connectivity index (χ2n) is 3.17. The lowest BCUT2D eigenvalue weighted by Crippen LogP contribution is -2.61. The number of hydrogen-bond donors (Lipinski definition) is 2. The summed E-state index contributed by atoms with van der Waals surface area (Å²) in [5.74, 6) is 0.0841. The van der Waals surface area contributed by atoms with E-state index in [2.05, 4.69) is 0 Å². The molecule has 0 radical (unpaired) electrons. The summed E-state index contributed by atoms with van der Waals surface area (Å²) in [5, 5.41) is 20.8. The number of rotatable bonds is 5. The van der Waals surface area contributed by atoms with Gasteiger partial charge in [-0.3, -0.25) is 0 Å². The molecule has 1 atom stereocenters. The molecule has 0 spiro atoms. The normalized spacial score (nSPS) is 13.2. The van der Waals surface area contributed by atoms with Crippen LogP contribution in [0.5, 0.6) is 0 Å². The van der Waals surface area contributed by atoms with Gasteiger partial charge in [-0.2, -0.15) is 0 Å². The van der Waals surface area contributed by atoms with Gasteiger partial charge in [-0.15, -0.1) is 0 Å². The fourth-order valence-electron chi connectivity index (χ4n) is 1.44. The summed E-state index contributed by atoms with van der Waals surface area (Å²) in [4.78, 5) is 0. The smallest absolute Gasteiger partial charge is 0.156 e. The molecule has 1 unspecified atom stereocenters. The summed E-state index contributed by atoms with van der Waals surface area (Å²) in [7, 11) is 0. The van der Waals surface area contributed by atoms with Gasteiger partial charge >= 0.3 is 0 Å². The van der Waals surface area contributed by atoms with Gasteiger partial charge in [0.05, 0.1) is 5.92 Å². The minimum Gasteiger partial charge on any atom is -0.626 e. The molecule has 76 valence electrons. The SMILES string of the molecule is [O-][NH+]=CC(CCCO)c1ccccc1. The lowest BCUT2D eigenvalue weighted by molar-refractivity contribution is -0.369. The lowest BCUT2D eigenvalue weighted by Gasteiger charge is -2.08. The molecule has 0 saturated carbocycles. The molecule has 0 aromatic heterocycles. The predicted octanol–water partition coefficient (Wildman–Crippen LogP) is 0.192. The van der Waals surface area contributed by atoms with Crippen LogP contribution in [0.3, 0.4) is 0 Å². The molecule has 0 aliphatic carbocycles. The molecular formula is C11H15NO2. The minimum atomic E-state index is 0.0841. The van der Waals surface area contributed by atoms with Crippen LogP contribution in [-0.4, -0.2) is 17.9 Å². The van der Waals surface area contributed by atoms with Crippen molar-refractivity contribution in [2.24, 2.45) is 0 Å². The highest BCUT2D eigenvalue weighted by atomic mass is 16.4. The van der Waals surface area contributed by atoms with Crippen LogP contribution in [0.25, 0.3) is 0 Å². The van der Waals surface area contributed by atoms with E-state index in [0.29, 0.717) is 6.42 Å². The maximum absolute atomic E-state index is 10.3. The van der Waals surface area contributed by atoms with Crippen molar-refractivity contribution in [2.75, 3.05) is 6.61 Å². The van der Waals surface area contributed by atoms with Gasteiger partial charge in [-0.05, 0) is 18.4 Å². The van der Waals surface area contributed by atoms with Gasteiger partial charge in [-0.25, -0.2) is 5.16 Å². The second kappa shape index (κ2) is 6.16. The van der Waals surface area contributed by atoms with Crippen molar-refractivity contribution in [3.05, 3.63) is 41.1 Å². The van der Waals surface area contributed by atoms with E-state index in [0.717, 1.165) is 12.0 Å². The molecule has 0 amide bonds. The summed E-state index contributed by atoms with van der Waals surface area (Å²) in [6.07, 6.45) is 3.01. The first-order valence-corrected chi connectivity index (χ1v) is 4.75. The highest BCUT2D eigenvalue weighted by molar-refractivity contribution is 5.62. The van der Waals surface area contributed by atoms with E-state index in [1.54, 1.807) is 0 Å².